The van der Waals surface area contributed by atoms with E-state index in [0.29, 0.717) is 26.0 Å². The van der Waals surface area contributed by atoms with Gasteiger partial charge >= 0.3 is 12.0 Å². The summed E-state index contributed by atoms with van der Waals surface area (Å²) in [6, 6.07) is 8.32. The third kappa shape index (κ3) is 3.18. The molecule has 2 heterocycles. The Morgan fingerprint density at radius 2 is 1.96 bits per heavy atom. The standard InChI is InChI=1S/C20H26N2O4/c23-18(24)14-6-8-16(9-7-14)21-19(25)22-11-3-10-20(13-22)17-5-2-1-4-15(17)12-26-20/h1-2,4-5,14,16H,3,6-13H2,(H,21,25)(H,23,24). The molecular weight excluding hydrogens is 332 g/mol. The Balaban J connectivity index is 1.38. The van der Waals surface area contributed by atoms with E-state index in [1.165, 1.54) is 11.1 Å². The average Bonchev–Trinajstić information content (AvgIpc) is 3.00. The first-order valence-electron chi connectivity index (χ1n) is 9.58. The quantitative estimate of drug-likeness (QED) is 0.852. The Labute approximate surface area is 153 Å². The zero-order chi connectivity index (χ0) is 18.1. The number of nitrogens with one attached hydrogen (secondary N) is 1. The summed E-state index contributed by atoms with van der Waals surface area (Å²) in [5.74, 6) is -0.977. The number of aliphatic carboxylic acids is 1. The smallest absolute Gasteiger partial charge is 0.317 e. The second-order valence-electron chi connectivity index (χ2n) is 7.80. The number of amides is 2. The number of hydrogen-bond acceptors (Lipinski definition) is 3. The number of piperidine rings is 1. The highest BCUT2D eigenvalue weighted by Gasteiger charge is 2.44. The van der Waals surface area contributed by atoms with Gasteiger partial charge in [-0.25, -0.2) is 4.79 Å². The first kappa shape index (κ1) is 17.3. The van der Waals surface area contributed by atoms with Crippen LogP contribution in [0, 0.1) is 5.92 Å². The number of fused-ring (bicyclic) bond motifs is 2. The Hall–Kier alpha value is -2.08. The molecule has 140 valence electrons. The van der Waals surface area contributed by atoms with Crippen LogP contribution in [0.2, 0.25) is 0 Å². The molecule has 2 N–H and O–H groups in total. The van der Waals surface area contributed by atoms with Crippen LogP contribution in [-0.2, 0) is 21.7 Å². The molecule has 6 nitrogen and oxygen atoms in total. The number of carboxylic acids is 1. The molecule has 2 amide bonds. The first-order chi connectivity index (χ1) is 12.6. The van der Waals surface area contributed by atoms with Gasteiger partial charge in [-0.15, -0.1) is 0 Å². The van der Waals surface area contributed by atoms with Crippen molar-refractivity contribution >= 4 is 12.0 Å². The molecule has 1 atom stereocenters. The highest BCUT2D eigenvalue weighted by Crippen LogP contribution is 2.42. The fourth-order valence-electron chi connectivity index (χ4n) is 4.67. The van der Waals surface area contributed by atoms with Crippen LogP contribution in [0.3, 0.4) is 0 Å². The van der Waals surface area contributed by atoms with Gasteiger partial charge in [0.05, 0.1) is 19.1 Å². The summed E-state index contributed by atoms with van der Waals surface area (Å²) in [5, 5.41) is 12.2. The minimum atomic E-state index is -0.718. The van der Waals surface area contributed by atoms with Gasteiger partial charge in [0.1, 0.15) is 5.60 Å². The molecular formula is C20H26N2O4. The number of hydrogen-bond donors (Lipinski definition) is 2. The lowest BCUT2D eigenvalue weighted by Gasteiger charge is -2.41. The number of carbonyl (C=O) groups excluding carboxylic acids is 1. The highest BCUT2D eigenvalue weighted by atomic mass is 16.5. The molecule has 6 heteroatoms. The third-order valence-electron chi connectivity index (χ3n) is 6.16. The molecule has 1 aromatic rings. The number of urea groups is 1. The summed E-state index contributed by atoms with van der Waals surface area (Å²) in [6.45, 7) is 1.94. The van der Waals surface area contributed by atoms with E-state index in [-0.39, 0.29) is 23.6 Å². The van der Waals surface area contributed by atoms with Crippen molar-refractivity contribution in [1.29, 1.82) is 0 Å². The van der Waals surface area contributed by atoms with E-state index in [2.05, 4.69) is 17.4 Å². The van der Waals surface area contributed by atoms with E-state index in [1.54, 1.807) is 0 Å². The molecule has 4 rings (SSSR count). The van der Waals surface area contributed by atoms with E-state index < -0.39 is 5.97 Å². The number of benzene rings is 1. The van der Waals surface area contributed by atoms with Crippen molar-refractivity contribution in [2.24, 2.45) is 5.92 Å². The van der Waals surface area contributed by atoms with Gasteiger partial charge in [-0.3, -0.25) is 4.79 Å². The molecule has 1 aromatic carbocycles. The number of rotatable bonds is 2. The van der Waals surface area contributed by atoms with Gasteiger partial charge in [0.2, 0.25) is 0 Å². The topological polar surface area (TPSA) is 78.9 Å². The van der Waals surface area contributed by atoms with Crippen LogP contribution >= 0.6 is 0 Å². The lowest BCUT2D eigenvalue weighted by Crippen LogP contribution is -2.53. The summed E-state index contributed by atoms with van der Waals surface area (Å²) >= 11 is 0. The lowest BCUT2D eigenvalue weighted by atomic mass is 9.85. The number of carboxylic acid groups (broad SMARTS) is 1. The van der Waals surface area contributed by atoms with Crippen LogP contribution in [0.25, 0.3) is 0 Å². The molecule has 1 saturated carbocycles. The maximum atomic E-state index is 12.8. The van der Waals surface area contributed by atoms with Crippen LogP contribution in [0.1, 0.15) is 49.7 Å². The predicted molar refractivity (Wildman–Crippen MR) is 95.6 cm³/mol. The molecule has 26 heavy (non-hydrogen) atoms. The van der Waals surface area contributed by atoms with Gasteiger partial charge in [0.25, 0.3) is 0 Å². The normalized spacial score (nSPS) is 30.8. The molecule has 1 aliphatic carbocycles. The van der Waals surface area contributed by atoms with E-state index in [4.69, 9.17) is 9.84 Å². The molecule has 2 fully saturated rings. The van der Waals surface area contributed by atoms with Gasteiger partial charge < -0.3 is 20.1 Å². The van der Waals surface area contributed by atoms with E-state index in [1.807, 2.05) is 17.0 Å². The number of nitrogens with zero attached hydrogens (tertiary/aromatic N) is 1. The van der Waals surface area contributed by atoms with Crippen molar-refractivity contribution in [1.82, 2.24) is 10.2 Å². The summed E-state index contributed by atoms with van der Waals surface area (Å²) in [5.41, 5.74) is 2.08. The molecule has 0 aromatic heterocycles. The monoisotopic (exact) mass is 358 g/mol. The van der Waals surface area contributed by atoms with Gasteiger partial charge in [-0.05, 0) is 49.7 Å². The fraction of sp³-hybridized carbons (Fsp3) is 0.600. The van der Waals surface area contributed by atoms with Crippen molar-refractivity contribution in [3.63, 3.8) is 0 Å². The van der Waals surface area contributed by atoms with Crippen molar-refractivity contribution in [2.45, 2.75) is 56.8 Å². The molecule has 3 aliphatic rings. The third-order valence-corrected chi connectivity index (χ3v) is 6.16. The Morgan fingerprint density at radius 1 is 1.19 bits per heavy atom. The molecule has 1 spiro atoms. The second-order valence-corrected chi connectivity index (χ2v) is 7.80. The zero-order valence-corrected chi connectivity index (χ0v) is 14.9. The van der Waals surface area contributed by atoms with Crippen LogP contribution in [-0.4, -0.2) is 41.1 Å². The Morgan fingerprint density at radius 3 is 2.73 bits per heavy atom. The number of likely N-dealkylation sites (tertiary alicyclic amines) is 1. The van der Waals surface area contributed by atoms with Crippen molar-refractivity contribution < 1.29 is 19.4 Å². The average molecular weight is 358 g/mol. The minimum Gasteiger partial charge on any atom is -0.481 e. The van der Waals surface area contributed by atoms with Gasteiger partial charge in [0.15, 0.2) is 0 Å². The van der Waals surface area contributed by atoms with E-state index in [9.17, 15) is 9.59 Å². The SMILES string of the molecule is O=C(O)C1CCC(NC(=O)N2CCCC3(C2)OCc2ccccc23)CC1. The molecule has 1 unspecified atom stereocenters. The minimum absolute atomic E-state index is 0.0455. The van der Waals surface area contributed by atoms with Crippen molar-refractivity contribution in [3.05, 3.63) is 35.4 Å². The Kier molecular flexibility index (Phi) is 4.61. The molecule has 2 aliphatic heterocycles. The van der Waals surface area contributed by atoms with Crippen LogP contribution in [0.4, 0.5) is 4.79 Å². The van der Waals surface area contributed by atoms with Crippen LogP contribution in [0.5, 0.6) is 0 Å². The number of carbonyl (C=O) groups is 2. The van der Waals surface area contributed by atoms with Crippen molar-refractivity contribution in [2.75, 3.05) is 13.1 Å². The lowest BCUT2D eigenvalue weighted by molar-refractivity contribution is -0.142. The molecule has 0 bridgehead atoms. The van der Waals surface area contributed by atoms with Crippen LogP contribution in [0.15, 0.2) is 24.3 Å². The summed E-state index contributed by atoms with van der Waals surface area (Å²) < 4.78 is 6.18. The maximum Gasteiger partial charge on any atom is 0.317 e. The molecule has 0 radical (unpaired) electrons. The molecule has 1 saturated heterocycles. The largest absolute Gasteiger partial charge is 0.481 e. The van der Waals surface area contributed by atoms with Crippen LogP contribution < -0.4 is 5.32 Å². The van der Waals surface area contributed by atoms with Gasteiger partial charge in [-0.2, -0.15) is 0 Å². The zero-order valence-electron chi connectivity index (χ0n) is 14.9. The Bertz CT molecular complexity index is 695. The number of ether oxygens (including phenoxy) is 1. The van der Waals surface area contributed by atoms with Crippen molar-refractivity contribution in [3.8, 4) is 0 Å². The first-order valence-corrected chi connectivity index (χ1v) is 9.58. The summed E-state index contributed by atoms with van der Waals surface area (Å²) in [4.78, 5) is 25.7. The highest BCUT2D eigenvalue weighted by molar-refractivity contribution is 5.75. The maximum absolute atomic E-state index is 12.8. The van der Waals surface area contributed by atoms with Gasteiger partial charge in [0, 0.05) is 12.6 Å². The fourth-order valence-corrected chi connectivity index (χ4v) is 4.67. The van der Waals surface area contributed by atoms with Gasteiger partial charge in [-0.1, -0.05) is 24.3 Å². The summed E-state index contributed by atoms with van der Waals surface area (Å²) in [7, 11) is 0. The predicted octanol–water partition coefficient (Wildman–Crippen LogP) is 2.86. The van der Waals surface area contributed by atoms with E-state index in [0.717, 1.165) is 32.2 Å². The second kappa shape index (κ2) is 6.91. The van der Waals surface area contributed by atoms with E-state index >= 15 is 0 Å². The summed E-state index contributed by atoms with van der Waals surface area (Å²) in [6.07, 6.45) is 4.62.